The number of carbonyl (C=O) groups excluding carboxylic acids is 4. The molecule has 19 heteroatoms. The van der Waals surface area contributed by atoms with Crippen molar-refractivity contribution in [3.05, 3.63) is 0 Å². The van der Waals surface area contributed by atoms with E-state index in [-0.39, 0.29) is 84.3 Å². The van der Waals surface area contributed by atoms with E-state index in [0.717, 1.165) is 30.6 Å². The van der Waals surface area contributed by atoms with Gasteiger partial charge in [0.15, 0.2) is 0 Å². The summed E-state index contributed by atoms with van der Waals surface area (Å²) in [6, 6.07) is 0. The molecule has 3 atom stereocenters. The minimum atomic E-state index is -0.851. The maximum atomic E-state index is 12.3. The second-order valence-electron chi connectivity index (χ2n) is 17.4. The van der Waals surface area contributed by atoms with Crippen molar-refractivity contribution in [2.45, 2.75) is 125 Å². The van der Waals surface area contributed by atoms with Gasteiger partial charge in [0.2, 0.25) is 0 Å². The van der Waals surface area contributed by atoms with E-state index in [2.05, 4.69) is 102 Å². The van der Waals surface area contributed by atoms with E-state index in [1.54, 1.807) is 0 Å². The zero-order valence-electron chi connectivity index (χ0n) is 41.1. The third kappa shape index (κ3) is 42.9. The quantitative estimate of drug-likeness (QED) is 0.0185. The normalized spacial score (nSPS) is 13.2. The molecule has 0 N–H and O–H groups in total. The van der Waals surface area contributed by atoms with Gasteiger partial charge >= 0.3 is 23.9 Å². The van der Waals surface area contributed by atoms with Gasteiger partial charge in [0.1, 0.15) is 19.8 Å². The number of thiocarbonyl (C=S) groups is 3. The van der Waals surface area contributed by atoms with Gasteiger partial charge in [0, 0.05) is 0 Å². The molecular weight excluding hydrogens is 923 g/mol. The first-order chi connectivity index (χ1) is 32.4. The van der Waals surface area contributed by atoms with Crippen LogP contribution in [0.2, 0.25) is 0 Å². The Morgan fingerprint density at radius 3 is 1.01 bits per heavy atom. The number of esters is 4. The van der Waals surface area contributed by atoms with Gasteiger partial charge in [0.25, 0.3) is 0 Å². The molecule has 0 fully saturated rings. The fourth-order valence-electron chi connectivity index (χ4n) is 6.54. The molecule has 0 aromatic heterocycles. The van der Waals surface area contributed by atoms with Crippen LogP contribution in [0.1, 0.15) is 125 Å². The van der Waals surface area contributed by atoms with Gasteiger partial charge < -0.3 is 42.6 Å². The first-order valence-corrected chi connectivity index (χ1v) is 25.2. The monoisotopic (exact) mass is 1000 g/mol. The minimum absolute atomic E-state index is 0.00225. The maximum Gasteiger partial charge on any atom is 0.306 e. The van der Waals surface area contributed by atoms with Crippen LogP contribution < -0.4 is 0 Å². The molecule has 0 aromatic carbocycles. The highest BCUT2D eigenvalue weighted by atomic mass is 32.1. The molecule has 0 saturated carbocycles. The van der Waals surface area contributed by atoms with Gasteiger partial charge in [-0.3, -0.25) is 19.2 Å². The Balaban J connectivity index is 3.65. The van der Waals surface area contributed by atoms with Gasteiger partial charge in [-0.25, -0.2) is 15.0 Å². The number of nitrogens with zero attached hydrogens (tertiary/aromatic N) is 3. The van der Waals surface area contributed by atoms with E-state index in [1.807, 2.05) is 0 Å². The predicted molar refractivity (Wildman–Crippen MR) is 267 cm³/mol. The highest BCUT2D eigenvalue weighted by Crippen LogP contribution is 2.23. The van der Waals surface area contributed by atoms with Gasteiger partial charge in [-0.05, 0) is 66.7 Å². The molecule has 0 bridgehead atoms. The zero-order chi connectivity index (χ0) is 49.6. The minimum Gasteiger partial charge on any atom is -0.466 e. The Labute approximate surface area is 416 Å². The molecule has 0 aliphatic carbocycles. The average Bonchev–Trinajstić information content (AvgIpc) is 3.30. The molecule has 67 heavy (non-hydrogen) atoms. The summed E-state index contributed by atoms with van der Waals surface area (Å²) in [6.07, 6.45) is 12.1. The van der Waals surface area contributed by atoms with Crippen molar-refractivity contribution < 1.29 is 61.8 Å². The molecule has 0 aliphatic heterocycles. The van der Waals surface area contributed by atoms with Gasteiger partial charge in [-0.15, -0.1) is 0 Å². The Bertz CT molecular complexity index is 1410. The smallest absolute Gasteiger partial charge is 0.306 e. The Kier molecular flexibility index (Phi) is 43.5. The Hall–Kier alpha value is -2.92. The molecule has 0 amide bonds. The van der Waals surface area contributed by atoms with Crippen molar-refractivity contribution in [2.75, 3.05) is 112 Å². The molecule has 0 saturated heterocycles. The summed E-state index contributed by atoms with van der Waals surface area (Å²) in [5.74, 6) is 0.875. The lowest BCUT2D eigenvalue weighted by atomic mass is 9.89. The number of hydrogen-bond acceptors (Lipinski definition) is 19. The summed E-state index contributed by atoms with van der Waals surface area (Å²) < 4.78 is 48.1. The first kappa shape index (κ1) is 64.1. The highest BCUT2D eigenvalue weighted by Gasteiger charge is 2.32. The van der Waals surface area contributed by atoms with Crippen LogP contribution in [0, 0.1) is 29.1 Å². The van der Waals surface area contributed by atoms with E-state index in [4.69, 9.17) is 42.6 Å². The van der Waals surface area contributed by atoms with Crippen LogP contribution in [0.3, 0.4) is 0 Å². The number of carbonyl (C=O) groups is 4. The molecule has 0 radical (unpaired) electrons. The fourth-order valence-corrected chi connectivity index (χ4v) is 6.73. The van der Waals surface area contributed by atoms with Crippen LogP contribution in [0.5, 0.6) is 0 Å². The number of isothiocyanates is 3. The summed E-state index contributed by atoms with van der Waals surface area (Å²) >= 11 is 13.9. The summed E-state index contributed by atoms with van der Waals surface area (Å²) in [4.78, 5) is 60.2. The van der Waals surface area contributed by atoms with Crippen LogP contribution in [0.15, 0.2) is 15.0 Å². The lowest BCUT2D eigenvalue weighted by molar-refractivity contribution is -0.152. The van der Waals surface area contributed by atoms with Gasteiger partial charge in [-0.2, -0.15) is 0 Å². The van der Waals surface area contributed by atoms with Crippen LogP contribution in [0.4, 0.5) is 0 Å². The maximum absolute atomic E-state index is 12.3. The van der Waals surface area contributed by atoms with E-state index in [9.17, 15) is 19.2 Å². The van der Waals surface area contributed by atoms with E-state index < -0.39 is 23.3 Å². The number of ether oxygens (including phenoxy) is 9. The van der Waals surface area contributed by atoms with E-state index in [1.165, 1.54) is 51.4 Å². The summed E-state index contributed by atoms with van der Waals surface area (Å²) in [6.45, 7) is 15.6. The fraction of sp³-hybridized carbons (Fsp3) is 0.854. The predicted octanol–water partition coefficient (Wildman–Crippen LogP) is 8.56. The standard InChI is InChI=1S/C48H81N3O13S3/c1-40(2)9-6-10-41(3)11-7-12-42(4)13-8-14-43(5)19-20-61-44(52)15-16-45(53)62-31-29-59-27-25-57-23-21-56-22-24-58-26-28-60-30-32-63-46(54)17-18-47(55)64-36-48(33-49-37-65,34-50-38-66)35-51-39-67/h40-43H,6-36H2,1-5H3. The summed E-state index contributed by atoms with van der Waals surface area (Å²) in [5, 5.41) is 6.79. The van der Waals surface area contributed by atoms with E-state index >= 15 is 0 Å². The van der Waals surface area contributed by atoms with Crippen molar-refractivity contribution in [1.82, 2.24) is 0 Å². The van der Waals surface area contributed by atoms with Crippen molar-refractivity contribution in [2.24, 2.45) is 44.1 Å². The van der Waals surface area contributed by atoms with Crippen LogP contribution >= 0.6 is 36.7 Å². The third-order valence-corrected chi connectivity index (χ3v) is 11.0. The lowest BCUT2D eigenvalue weighted by Crippen LogP contribution is -2.38. The molecule has 0 aromatic rings. The molecule has 3 unspecified atom stereocenters. The zero-order valence-corrected chi connectivity index (χ0v) is 43.6. The second kappa shape index (κ2) is 45.5. The highest BCUT2D eigenvalue weighted by molar-refractivity contribution is 7.78. The van der Waals surface area contributed by atoms with Gasteiger partial charge in [0.05, 0.1) is 139 Å². The molecular formula is C48H81N3O13S3. The molecule has 0 spiro atoms. The number of aliphatic imine (C=N–C) groups is 3. The molecule has 0 heterocycles. The molecule has 0 aliphatic rings. The molecule has 384 valence electrons. The van der Waals surface area contributed by atoms with Crippen LogP contribution in [0.25, 0.3) is 0 Å². The first-order valence-electron chi connectivity index (χ1n) is 24.0. The largest absolute Gasteiger partial charge is 0.466 e. The van der Waals surface area contributed by atoms with Crippen LogP contribution in [-0.2, 0) is 61.8 Å². The number of hydrogen-bond donors (Lipinski definition) is 0. The summed E-state index contributed by atoms with van der Waals surface area (Å²) in [7, 11) is 0. The summed E-state index contributed by atoms with van der Waals surface area (Å²) in [5.41, 5.74) is -0.851. The second-order valence-corrected chi connectivity index (χ2v) is 17.9. The van der Waals surface area contributed by atoms with Crippen LogP contribution in [-0.4, -0.2) is 151 Å². The van der Waals surface area contributed by atoms with Crippen molar-refractivity contribution in [1.29, 1.82) is 0 Å². The van der Waals surface area contributed by atoms with Gasteiger partial charge in [-0.1, -0.05) is 92.4 Å². The SMILES string of the molecule is CC(C)CCCC(C)CCCC(C)CCCC(C)CCOC(=O)CCC(=O)OCCOCCOCCOCCOCCOCCOC(=O)CCC(=O)OCC(CN=C=S)(CN=C=S)CN=C=S. The Morgan fingerprint density at radius 1 is 0.403 bits per heavy atom. The number of rotatable bonds is 47. The third-order valence-electron chi connectivity index (χ3n) is 10.7. The molecule has 16 nitrogen and oxygen atoms in total. The molecule has 0 rings (SSSR count). The lowest BCUT2D eigenvalue weighted by Gasteiger charge is -2.27. The topological polar surface area (TPSA) is 188 Å². The van der Waals surface area contributed by atoms with Crippen molar-refractivity contribution >= 4 is 76.0 Å². The van der Waals surface area contributed by atoms with Crippen molar-refractivity contribution in [3.8, 4) is 0 Å². The van der Waals surface area contributed by atoms with E-state index in [0.29, 0.717) is 65.4 Å². The van der Waals surface area contributed by atoms with Crippen molar-refractivity contribution in [3.63, 3.8) is 0 Å². The average molecular weight is 1000 g/mol. The Morgan fingerprint density at radius 2 is 0.687 bits per heavy atom.